The van der Waals surface area contributed by atoms with E-state index in [0.29, 0.717) is 17.5 Å². The van der Waals surface area contributed by atoms with Gasteiger partial charge in [0, 0.05) is 32.8 Å². The quantitative estimate of drug-likeness (QED) is 0.197. The fourth-order valence-corrected chi connectivity index (χ4v) is 6.41. The van der Waals surface area contributed by atoms with Gasteiger partial charge in [-0.25, -0.2) is 15.0 Å². The van der Waals surface area contributed by atoms with Crippen LogP contribution in [0.3, 0.4) is 0 Å². The molecule has 0 N–H and O–H groups in total. The summed E-state index contributed by atoms with van der Waals surface area (Å²) in [5.74, 6) is 1.85. The molecule has 0 atom stereocenters. The van der Waals surface area contributed by atoms with Crippen LogP contribution in [0.1, 0.15) is 0 Å². The van der Waals surface area contributed by atoms with Crippen LogP contribution in [0.15, 0.2) is 168 Å². The van der Waals surface area contributed by atoms with Gasteiger partial charge < -0.3 is 4.42 Å². The van der Waals surface area contributed by atoms with Crippen molar-refractivity contribution in [3.8, 4) is 56.4 Å². The number of furan rings is 1. The second-order valence-corrected chi connectivity index (χ2v) is 11.6. The van der Waals surface area contributed by atoms with Gasteiger partial charge in [-0.1, -0.05) is 146 Å². The Labute approximate surface area is 271 Å². The van der Waals surface area contributed by atoms with E-state index in [4.69, 9.17) is 19.4 Å². The number of hydrogen-bond acceptors (Lipinski definition) is 4. The molecule has 0 radical (unpaired) electrons. The summed E-state index contributed by atoms with van der Waals surface area (Å²) >= 11 is 0. The highest BCUT2D eigenvalue weighted by atomic mass is 16.3. The van der Waals surface area contributed by atoms with Gasteiger partial charge in [-0.05, 0) is 45.8 Å². The lowest BCUT2D eigenvalue weighted by molar-refractivity contribution is 0.672. The second-order valence-electron chi connectivity index (χ2n) is 11.6. The molecule has 47 heavy (non-hydrogen) atoms. The van der Waals surface area contributed by atoms with Crippen molar-refractivity contribution in [2.75, 3.05) is 0 Å². The van der Waals surface area contributed by atoms with Crippen molar-refractivity contribution >= 4 is 32.7 Å². The summed E-state index contributed by atoms with van der Waals surface area (Å²) in [6.45, 7) is 0. The molecule has 0 amide bonds. The summed E-state index contributed by atoms with van der Waals surface area (Å²) in [6, 6.07) is 56.3. The molecule has 9 rings (SSSR count). The van der Waals surface area contributed by atoms with E-state index in [2.05, 4.69) is 109 Å². The third-order valence-electron chi connectivity index (χ3n) is 8.74. The van der Waals surface area contributed by atoms with Gasteiger partial charge in [-0.2, -0.15) is 0 Å². The molecule has 0 unspecified atom stereocenters. The molecule has 9 aromatic rings. The molecular weight excluding hydrogens is 574 g/mol. The van der Waals surface area contributed by atoms with Crippen LogP contribution < -0.4 is 0 Å². The van der Waals surface area contributed by atoms with Crippen LogP contribution in [0, 0.1) is 0 Å². The molecule has 0 fully saturated rings. The first-order valence-electron chi connectivity index (χ1n) is 15.7. The predicted molar refractivity (Wildman–Crippen MR) is 192 cm³/mol. The topological polar surface area (TPSA) is 51.8 Å². The van der Waals surface area contributed by atoms with E-state index in [0.717, 1.165) is 60.5 Å². The SMILES string of the molecule is c1ccc(-c2ccc(-c3cccc(-c4nc(-c5ccccc5)nc(-c5cccc6oc7c8ccccc8ccc7c56)n4)c3)cc2)cc1. The first-order valence-corrected chi connectivity index (χ1v) is 15.7. The standard InChI is InChI=1S/C43H27N3O/c1-3-11-28(12-4-1)29-21-23-30(24-22-29)33-16-9-17-34(27-33)42-44-41(32-14-5-2-6-15-32)45-43(46-42)37-19-10-20-38-39(37)36-26-25-31-13-7-8-18-35(31)40(36)47-38/h1-27H. The minimum Gasteiger partial charge on any atom is -0.455 e. The van der Waals surface area contributed by atoms with Crippen molar-refractivity contribution in [3.63, 3.8) is 0 Å². The average Bonchev–Trinajstić information content (AvgIpc) is 3.55. The van der Waals surface area contributed by atoms with Gasteiger partial charge in [0.05, 0.1) is 0 Å². The Morgan fingerprint density at radius 3 is 1.72 bits per heavy atom. The van der Waals surface area contributed by atoms with Gasteiger partial charge >= 0.3 is 0 Å². The smallest absolute Gasteiger partial charge is 0.164 e. The second kappa shape index (κ2) is 11.2. The van der Waals surface area contributed by atoms with Crippen molar-refractivity contribution in [1.82, 2.24) is 15.0 Å². The summed E-state index contributed by atoms with van der Waals surface area (Å²) in [5, 5.41) is 4.27. The fourth-order valence-electron chi connectivity index (χ4n) is 6.41. The summed E-state index contributed by atoms with van der Waals surface area (Å²) in [4.78, 5) is 15.2. The van der Waals surface area contributed by atoms with Crippen molar-refractivity contribution < 1.29 is 4.42 Å². The van der Waals surface area contributed by atoms with Crippen molar-refractivity contribution in [3.05, 3.63) is 164 Å². The van der Waals surface area contributed by atoms with Crippen molar-refractivity contribution in [2.24, 2.45) is 0 Å². The third-order valence-corrected chi connectivity index (χ3v) is 8.74. The highest BCUT2D eigenvalue weighted by Crippen LogP contribution is 2.39. The molecule has 4 heteroatoms. The minimum absolute atomic E-state index is 0.605. The zero-order valence-electron chi connectivity index (χ0n) is 25.3. The lowest BCUT2D eigenvalue weighted by Gasteiger charge is -2.10. The Morgan fingerprint density at radius 1 is 0.362 bits per heavy atom. The summed E-state index contributed by atoms with van der Waals surface area (Å²) < 4.78 is 6.49. The van der Waals surface area contributed by atoms with Crippen LogP contribution in [0.2, 0.25) is 0 Å². The average molecular weight is 602 g/mol. The number of aromatic nitrogens is 3. The van der Waals surface area contributed by atoms with Crippen LogP contribution >= 0.6 is 0 Å². The highest BCUT2D eigenvalue weighted by Gasteiger charge is 2.19. The van der Waals surface area contributed by atoms with E-state index >= 15 is 0 Å². The Bertz CT molecular complexity index is 2550. The zero-order valence-corrected chi connectivity index (χ0v) is 25.3. The largest absolute Gasteiger partial charge is 0.455 e. The summed E-state index contributed by atoms with van der Waals surface area (Å²) in [5.41, 5.74) is 9.05. The van der Waals surface area contributed by atoms with Gasteiger partial charge in [0.1, 0.15) is 11.2 Å². The lowest BCUT2D eigenvalue weighted by Crippen LogP contribution is -2.00. The van der Waals surface area contributed by atoms with Crippen LogP contribution in [0.4, 0.5) is 0 Å². The number of nitrogens with zero attached hydrogens (tertiary/aromatic N) is 3. The number of rotatable bonds is 5. The number of benzene rings is 7. The maximum Gasteiger partial charge on any atom is 0.164 e. The van der Waals surface area contributed by atoms with Crippen LogP contribution in [-0.2, 0) is 0 Å². The van der Waals surface area contributed by atoms with E-state index in [1.54, 1.807) is 0 Å². The molecular formula is C43H27N3O. The van der Waals surface area contributed by atoms with Crippen LogP contribution in [0.25, 0.3) is 89.1 Å². The molecule has 2 heterocycles. The Balaban J connectivity index is 1.20. The zero-order chi connectivity index (χ0) is 31.2. The fraction of sp³-hybridized carbons (Fsp3) is 0. The molecule has 0 saturated heterocycles. The van der Waals surface area contributed by atoms with E-state index < -0.39 is 0 Å². The van der Waals surface area contributed by atoms with Gasteiger partial charge in [-0.3, -0.25) is 0 Å². The molecule has 0 saturated carbocycles. The Hall–Kier alpha value is -6.39. The van der Waals surface area contributed by atoms with Gasteiger partial charge in [-0.15, -0.1) is 0 Å². The Kier molecular flexibility index (Phi) is 6.43. The molecule has 7 aromatic carbocycles. The molecule has 0 aliphatic rings. The third kappa shape index (κ3) is 4.84. The van der Waals surface area contributed by atoms with Crippen LogP contribution in [-0.4, -0.2) is 15.0 Å². The van der Waals surface area contributed by atoms with E-state index in [1.807, 2.05) is 54.6 Å². The highest BCUT2D eigenvalue weighted by molar-refractivity contribution is 6.18. The van der Waals surface area contributed by atoms with E-state index in [-0.39, 0.29) is 0 Å². The minimum atomic E-state index is 0.605. The molecule has 0 spiro atoms. The monoisotopic (exact) mass is 601 g/mol. The first-order chi connectivity index (χ1) is 23.3. The molecule has 0 aliphatic heterocycles. The van der Waals surface area contributed by atoms with Crippen molar-refractivity contribution in [2.45, 2.75) is 0 Å². The van der Waals surface area contributed by atoms with Gasteiger partial charge in [0.25, 0.3) is 0 Å². The number of fused-ring (bicyclic) bond motifs is 5. The first kappa shape index (κ1) is 27.0. The molecule has 2 aromatic heterocycles. The molecule has 0 aliphatic carbocycles. The molecule has 220 valence electrons. The van der Waals surface area contributed by atoms with Gasteiger partial charge in [0.15, 0.2) is 17.5 Å². The molecule has 0 bridgehead atoms. The summed E-state index contributed by atoms with van der Waals surface area (Å²) in [6.07, 6.45) is 0. The Morgan fingerprint density at radius 2 is 0.936 bits per heavy atom. The maximum atomic E-state index is 6.49. The maximum absolute atomic E-state index is 6.49. The normalized spacial score (nSPS) is 11.4. The van der Waals surface area contributed by atoms with Crippen LogP contribution in [0.5, 0.6) is 0 Å². The lowest BCUT2D eigenvalue weighted by atomic mass is 9.99. The molecule has 4 nitrogen and oxygen atoms in total. The summed E-state index contributed by atoms with van der Waals surface area (Å²) in [7, 11) is 0. The number of hydrogen-bond donors (Lipinski definition) is 0. The van der Waals surface area contributed by atoms with Crippen molar-refractivity contribution in [1.29, 1.82) is 0 Å². The predicted octanol–water partition coefficient (Wildman–Crippen LogP) is 11.3. The van der Waals surface area contributed by atoms with Gasteiger partial charge in [0.2, 0.25) is 0 Å². The van der Waals surface area contributed by atoms with E-state index in [9.17, 15) is 0 Å². The van der Waals surface area contributed by atoms with E-state index in [1.165, 1.54) is 11.1 Å².